The van der Waals surface area contributed by atoms with E-state index in [0.717, 1.165) is 17.3 Å². The van der Waals surface area contributed by atoms with Crippen molar-refractivity contribution in [2.45, 2.75) is 36.4 Å². The van der Waals surface area contributed by atoms with E-state index in [1.807, 2.05) is 16.7 Å². The summed E-state index contributed by atoms with van der Waals surface area (Å²) >= 11 is 7.61. The number of rotatable bonds is 9. The summed E-state index contributed by atoms with van der Waals surface area (Å²) in [5.41, 5.74) is 3.70. The first kappa shape index (κ1) is 22.6. The lowest BCUT2D eigenvalue weighted by Gasteiger charge is -2.20. The van der Waals surface area contributed by atoms with Crippen LogP contribution in [-0.4, -0.2) is 14.7 Å². The van der Waals surface area contributed by atoms with Gasteiger partial charge in [0, 0.05) is 28.8 Å². The van der Waals surface area contributed by atoms with Gasteiger partial charge in [-0.2, -0.15) is 0 Å². The Morgan fingerprint density at radius 2 is 1.59 bits per heavy atom. The first-order valence-electron chi connectivity index (χ1n) is 10.5. The minimum atomic E-state index is -0.321. The molecule has 164 valence electrons. The van der Waals surface area contributed by atoms with E-state index in [2.05, 4.69) is 53.5 Å². The van der Waals surface area contributed by atoms with Crippen LogP contribution in [-0.2, 0) is 18.9 Å². The molecule has 0 saturated heterocycles. The number of hydrogen-bond donors (Lipinski definition) is 1. The molecule has 3 aromatic carbocycles. The van der Waals surface area contributed by atoms with Gasteiger partial charge >= 0.3 is 0 Å². The van der Waals surface area contributed by atoms with Crippen molar-refractivity contribution in [2.75, 3.05) is 0 Å². The average Bonchev–Trinajstić information content (AvgIpc) is 3.22. The van der Waals surface area contributed by atoms with Crippen LogP contribution in [0.3, 0.4) is 0 Å². The number of nitrogens with zero attached hydrogens (tertiary/aromatic N) is 2. The second kappa shape index (κ2) is 10.8. The molecule has 0 amide bonds. The summed E-state index contributed by atoms with van der Waals surface area (Å²) in [6.45, 7) is 0.576. The number of aliphatic hydroxyl groups is 1. The van der Waals surface area contributed by atoms with Crippen LogP contribution >= 0.6 is 23.4 Å². The second-order valence-corrected chi connectivity index (χ2v) is 8.84. The summed E-state index contributed by atoms with van der Waals surface area (Å²) in [5, 5.41) is 11.0. The molecule has 0 aliphatic carbocycles. The van der Waals surface area contributed by atoms with Gasteiger partial charge in [0.2, 0.25) is 0 Å². The minimum Gasteiger partial charge on any atom is -0.390 e. The van der Waals surface area contributed by atoms with Crippen LogP contribution in [0, 0.1) is 5.82 Å². The molecule has 32 heavy (non-hydrogen) atoms. The van der Waals surface area contributed by atoms with Crippen LogP contribution in [0.15, 0.2) is 90.2 Å². The quantitative estimate of drug-likeness (QED) is 0.279. The zero-order chi connectivity index (χ0) is 22.3. The molecule has 3 nitrogen and oxygen atoms in total. The van der Waals surface area contributed by atoms with Crippen molar-refractivity contribution < 1.29 is 9.50 Å². The second-order valence-electron chi connectivity index (χ2n) is 7.49. The molecule has 0 aliphatic heterocycles. The SMILES string of the molecule is OCc1cnc(SCc2c(F)cccc2Cl)n1CCC(c1ccccc1)c1ccccc1. The summed E-state index contributed by atoms with van der Waals surface area (Å²) in [6, 6.07) is 25.6. The third-order valence-electron chi connectivity index (χ3n) is 5.52. The minimum absolute atomic E-state index is 0.102. The molecule has 6 heteroatoms. The van der Waals surface area contributed by atoms with E-state index in [0.29, 0.717) is 22.9 Å². The predicted octanol–water partition coefficient (Wildman–Crippen LogP) is 6.68. The number of imidazole rings is 1. The third kappa shape index (κ3) is 5.23. The first-order valence-corrected chi connectivity index (χ1v) is 11.8. The number of thioether (sulfide) groups is 1. The lowest BCUT2D eigenvalue weighted by molar-refractivity contribution is 0.268. The summed E-state index contributed by atoms with van der Waals surface area (Å²) in [5.74, 6) is 0.262. The van der Waals surface area contributed by atoms with Crippen LogP contribution in [0.4, 0.5) is 4.39 Å². The van der Waals surface area contributed by atoms with Gasteiger partial charge in [0.05, 0.1) is 18.5 Å². The highest BCUT2D eigenvalue weighted by atomic mass is 35.5. The molecule has 0 aliphatic rings. The fraction of sp³-hybridized carbons (Fsp3) is 0.192. The Bertz CT molecular complexity index is 1090. The van der Waals surface area contributed by atoms with Gasteiger partial charge < -0.3 is 9.67 Å². The van der Waals surface area contributed by atoms with E-state index in [-0.39, 0.29) is 18.3 Å². The Hall–Kier alpha value is -2.60. The summed E-state index contributed by atoms with van der Waals surface area (Å²) in [4.78, 5) is 4.49. The van der Waals surface area contributed by atoms with Crippen LogP contribution < -0.4 is 0 Å². The van der Waals surface area contributed by atoms with Crippen molar-refractivity contribution in [1.29, 1.82) is 0 Å². The maximum atomic E-state index is 14.2. The Balaban J connectivity index is 1.56. The van der Waals surface area contributed by atoms with Gasteiger partial charge in [0.15, 0.2) is 5.16 Å². The van der Waals surface area contributed by atoms with E-state index in [9.17, 15) is 9.50 Å². The standard InChI is InChI=1S/C26H24ClFN2OS/c27-24-12-7-13-25(28)23(24)18-32-26-29-16-21(17-31)30(26)15-14-22(19-8-3-1-4-9-19)20-10-5-2-6-11-20/h1-13,16,22,31H,14-15,17-18H2. The van der Waals surface area contributed by atoms with Crippen LogP contribution in [0.1, 0.15) is 34.7 Å². The highest BCUT2D eigenvalue weighted by Crippen LogP contribution is 2.32. The number of hydrogen-bond acceptors (Lipinski definition) is 3. The van der Waals surface area contributed by atoms with Gasteiger partial charge in [-0.15, -0.1) is 0 Å². The molecule has 0 spiro atoms. The molecular weight excluding hydrogens is 443 g/mol. The number of aliphatic hydroxyl groups excluding tert-OH is 1. The van der Waals surface area contributed by atoms with Gasteiger partial charge in [0.1, 0.15) is 5.82 Å². The molecule has 4 aromatic rings. The predicted molar refractivity (Wildman–Crippen MR) is 128 cm³/mol. The molecule has 0 bridgehead atoms. The van der Waals surface area contributed by atoms with E-state index < -0.39 is 0 Å². The van der Waals surface area contributed by atoms with Crippen molar-refractivity contribution >= 4 is 23.4 Å². The maximum absolute atomic E-state index is 14.2. The molecule has 4 rings (SSSR count). The highest BCUT2D eigenvalue weighted by molar-refractivity contribution is 7.98. The molecule has 1 heterocycles. The van der Waals surface area contributed by atoms with Gasteiger partial charge in [-0.1, -0.05) is 90.1 Å². The Morgan fingerprint density at radius 1 is 0.938 bits per heavy atom. The third-order valence-corrected chi connectivity index (χ3v) is 6.89. The van der Waals surface area contributed by atoms with Crippen LogP contribution in [0.25, 0.3) is 0 Å². The summed E-state index contributed by atoms with van der Waals surface area (Å²) in [6.07, 6.45) is 2.52. The van der Waals surface area contributed by atoms with Gasteiger partial charge in [-0.3, -0.25) is 0 Å². The van der Waals surface area contributed by atoms with Gasteiger partial charge in [-0.25, -0.2) is 9.37 Å². The molecule has 1 N–H and O–H groups in total. The topological polar surface area (TPSA) is 38.1 Å². The Morgan fingerprint density at radius 3 is 2.19 bits per heavy atom. The lowest BCUT2D eigenvalue weighted by Crippen LogP contribution is -2.10. The molecule has 0 radical (unpaired) electrons. The van der Waals surface area contributed by atoms with Crippen molar-refractivity contribution in [3.05, 3.63) is 118 Å². The molecule has 0 atom stereocenters. The lowest BCUT2D eigenvalue weighted by atomic mass is 9.88. The van der Waals surface area contributed by atoms with E-state index in [1.54, 1.807) is 18.3 Å². The average molecular weight is 467 g/mol. The van der Waals surface area contributed by atoms with Crippen molar-refractivity contribution in [2.24, 2.45) is 0 Å². The fourth-order valence-corrected chi connectivity index (χ4v) is 5.20. The molecule has 0 saturated carbocycles. The Labute approximate surface area is 196 Å². The summed E-state index contributed by atoms with van der Waals surface area (Å²) in [7, 11) is 0. The normalized spacial score (nSPS) is 11.2. The maximum Gasteiger partial charge on any atom is 0.168 e. The van der Waals surface area contributed by atoms with Crippen molar-refractivity contribution in [1.82, 2.24) is 9.55 Å². The van der Waals surface area contributed by atoms with Crippen LogP contribution in [0.5, 0.6) is 0 Å². The zero-order valence-corrected chi connectivity index (χ0v) is 19.1. The molecule has 0 unspecified atom stereocenters. The smallest absolute Gasteiger partial charge is 0.168 e. The first-order chi connectivity index (χ1) is 15.7. The van der Waals surface area contributed by atoms with Gasteiger partial charge in [0.25, 0.3) is 0 Å². The van der Waals surface area contributed by atoms with Crippen molar-refractivity contribution in [3.63, 3.8) is 0 Å². The zero-order valence-electron chi connectivity index (χ0n) is 17.5. The summed E-state index contributed by atoms with van der Waals surface area (Å²) < 4.78 is 16.2. The Kier molecular flexibility index (Phi) is 7.63. The largest absolute Gasteiger partial charge is 0.390 e. The molecule has 0 fully saturated rings. The van der Waals surface area contributed by atoms with E-state index in [1.165, 1.54) is 29.0 Å². The molecular formula is C26H24ClFN2OS. The van der Waals surface area contributed by atoms with Crippen molar-refractivity contribution in [3.8, 4) is 0 Å². The monoisotopic (exact) mass is 466 g/mol. The van der Waals surface area contributed by atoms with E-state index >= 15 is 0 Å². The fourth-order valence-electron chi connectivity index (χ4n) is 3.83. The highest BCUT2D eigenvalue weighted by Gasteiger charge is 2.18. The molecule has 1 aromatic heterocycles. The number of halogens is 2. The van der Waals surface area contributed by atoms with Gasteiger partial charge in [-0.05, 0) is 29.7 Å². The number of benzene rings is 3. The van der Waals surface area contributed by atoms with E-state index in [4.69, 9.17) is 11.6 Å². The van der Waals surface area contributed by atoms with Crippen LogP contribution in [0.2, 0.25) is 5.02 Å². The number of aromatic nitrogens is 2.